The molecule has 0 aliphatic heterocycles. The Labute approximate surface area is 192 Å². The molecular weight excluding hydrogens is 442 g/mol. The van der Waals surface area contributed by atoms with Crippen LogP contribution in [0.15, 0.2) is 56.6 Å². The van der Waals surface area contributed by atoms with Gasteiger partial charge in [0, 0.05) is 12.1 Å². The maximum atomic E-state index is 12.8. The van der Waals surface area contributed by atoms with Crippen LogP contribution in [0.5, 0.6) is 0 Å². The smallest absolute Gasteiger partial charge is 0.408 e. The number of hydrogen-bond acceptors (Lipinski definition) is 5. The third kappa shape index (κ3) is 4.47. The molecule has 1 atom stereocenters. The van der Waals surface area contributed by atoms with E-state index >= 15 is 0 Å². The average Bonchev–Trinajstić information content (AvgIpc) is 3.41. The molecule has 8 nitrogen and oxygen atoms in total. The summed E-state index contributed by atoms with van der Waals surface area (Å²) in [5.74, 6) is -0.983. The van der Waals surface area contributed by atoms with Crippen molar-refractivity contribution in [1.29, 1.82) is 0 Å². The molecule has 1 heterocycles. The zero-order chi connectivity index (χ0) is 23.0. The summed E-state index contributed by atoms with van der Waals surface area (Å²) >= 11 is 0. The molecule has 0 bridgehead atoms. The number of aryl methyl sites for hydroxylation is 1. The lowest BCUT2D eigenvalue weighted by Crippen LogP contribution is -2.35. The van der Waals surface area contributed by atoms with Gasteiger partial charge >= 0.3 is 5.76 Å². The number of nitrogens with one attached hydrogen (secondary N) is 2. The summed E-state index contributed by atoms with van der Waals surface area (Å²) < 4.78 is 34.7. The van der Waals surface area contributed by atoms with Crippen molar-refractivity contribution in [3.05, 3.63) is 64.1 Å². The van der Waals surface area contributed by atoms with Gasteiger partial charge in [0.25, 0.3) is 0 Å². The number of benzene rings is 2. The summed E-state index contributed by atoms with van der Waals surface area (Å²) in [5.41, 5.74) is 2.88. The predicted octanol–water partition coefficient (Wildman–Crippen LogP) is 3.01. The van der Waals surface area contributed by atoms with Crippen LogP contribution in [-0.4, -0.2) is 24.9 Å². The minimum absolute atomic E-state index is 0.0473. The molecule has 1 unspecified atom stereocenters. The minimum atomic E-state index is -3.71. The molecule has 2 aliphatic rings. The molecule has 33 heavy (non-hydrogen) atoms. The minimum Gasteiger partial charge on any atom is -0.408 e. The van der Waals surface area contributed by atoms with E-state index in [2.05, 4.69) is 16.1 Å². The number of fused-ring (bicyclic) bond motifs is 2. The van der Waals surface area contributed by atoms with Gasteiger partial charge in [0.2, 0.25) is 15.9 Å². The first kappa shape index (κ1) is 21.9. The van der Waals surface area contributed by atoms with Gasteiger partial charge in [-0.2, -0.15) is 0 Å². The van der Waals surface area contributed by atoms with Crippen molar-refractivity contribution in [2.45, 2.75) is 68.5 Å². The number of carbonyl (C=O) groups excluding carboxylic acids is 1. The maximum absolute atomic E-state index is 12.8. The van der Waals surface area contributed by atoms with Crippen molar-refractivity contribution in [3.8, 4) is 0 Å². The number of sulfonamides is 1. The molecule has 0 radical (unpaired) electrons. The molecule has 0 spiro atoms. The number of amides is 1. The van der Waals surface area contributed by atoms with Crippen molar-refractivity contribution in [1.82, 2.24) is 14.6 Å². The fraction of sp³-hybridized carbons (Fsp3) is 0.417. The monoisotopic (exact) mass is 469 g/mol. The van der Waals surface area contributed by atoms with E-state index in [1.165, 1.54) is 28.3 Å². The van der Waals surface area contributed by atoms with Crippen LogP contribution < -0.4 is 15.8 Å². The van der Waals surface area contributed by atoms with Crippen LogP contribution >= 0.6 is 0 Å². The molecule has 2 N–H and O–H groups in total. The van der Waals surface area contributed by atoms with Gasteiger partial charge in [-0.15, -0.1) is 0 Å². The van der Waals surface area contributed by atoms with Crippen LogP contribution in [-0.2, 0) is 27.8 Å². The number of hydrogen-bond donors (Lipinski definition) is 2. The largest absolute Gasteiger partial charge is 0.420 e. The van der Waals surface area contributed by atoms with Gasteiger partial charge in [0.1, 0.15) is 6.54 Å². The highest BCUT2D eigenvalue weighted by atomic mass is 32.2. The molecular formula is C24H27N3O5S. The lowest BCUT2D eigenvalue weighted by molar-refractivity contribution is -0.122. The highest BCUT2D eigenvalue weighted by molar-refractivity contribution is 7.89. The lowest BCUT2D eigenvalue weighted by Gasteiger charge is -2.26. The second-order valence-corrected chi connectivity index (χ2v) is 10.6. The Kier molecular flexibility index (Phi) is 5.84. The van der Waals surface area contributed by atoms with Crippen LogP contribution in [0.3, 0.4) is 0 Å². The Balaban J connectivity index is 1.34. The van der Waals surface area contributed by atoms with E-state index in [-0.39, 0.29) is 35.0 Å². The second kappa shape index (κ2) is 8.79. The van der Waals surface area contributed by atoms with Crippen LogP contribution in [0.1, 0.15) is 55.7 Å². The van der Waals surface area contributed by atoms with Crippen LogP contribution in [0.2, 0.25) is 0 Å². The molecule has 1 aromatic heterocycles. The fourth-order valence-corrected chi connectivity index (χ4v) is 6.30. The van der Waals surface area contributed by atoms with E-state index in [0.717, 1.165) is 50.5 Å². The first-order chi connectivity index (χ1) is 15.9. The highest BCUT2D eigenvalue weighted by Gasteiger charge is 2.25. The van der Waals surface area contributed by atoms with Crippen LogP contribution in [0.25, 0.3) is 11.1 Å². The van der Waals surface area contributed by atoms with Crippen molar-refractivity contribution in [2.24, 2.45) is 0 Å². The number of aromatic nitrogens is 1. The molecule has 3 aromatic rings. The molecule has 0 saturated heterocycles. The van der Waals surface area contributed by atoms with Crippen LogP contribution in [0, 0.1) is 0 Å². The number of nitrogens with zero attached hydrogens (tertiary/aromatic N) is 1. The zero-order valence-corrected chi connectivity index (χ0v) is 19.1. The number of carbonyl (C=O) groups is 1. The zero-order valence-electron chi connectivity index (χ0n) is 18.2. The molecule has 174 valence electrons. The van der Waals surface area contributed by atoms with Gasteiger partial charge in [-0.25, -0.2) is 17.9 Å². The van der Waals surface area contributed by atoms with Gasteiger partial charge in [0.15, 0.2) is 5.58 Å². The van der Waals surface area contributed by atoms with E-state index in [0.29, 0.717) is 5.52 Å². The molecule has 2 aromatic carbocycles. The summed E-state index contributed by atoms with van der Waals surface area (Å²) in [4.78, 5) is 25.3. The normalized spacial score (nSPS) is 19.0. The topological polar surface area (TPSA) is 110 Å². The Hall–Kier alpha value is -2.91. The summed E-state index contributed by atoms with van der Waals surface area (Å²) in [6, 6.07) is 12.2. The Morgan fingerprint density at radius 2 is 1.85 bits per heavy atom. The first-order valence-electron chi connectivity index (χ1n) is 11.4. The summed E-state index contributed by atoms with van der Waals surface area (Å²) in [7, 11) is -3.71. The molecule has 2 aliphatic carbocycles. The second-order valence-electron chi connectivity index (χ2n) is 8.90. The highest BCUT2D eigenvalue weighted by Crippen LogP contribution is 2.29. The van der Waals surface area contributed by atoms with Gasteiger partial charge < -0.3 is 9.73 Å². The van der Waals surface area contributed by atoms with Crippen molar-refractivity contribution in [3.63, 3.8) is 0 Å². The molecule has 1 fully saturated rings. The van der Waals surface area contributed by atoms with E-state index < -0.39 is 15.8 Å². The van der Waals surface area contributed by atoms with Gasteiger partial charge in [-0.3, -0.25) is 9.36 Å². The Bertz CT molecular complexity index is 1350. The number of rotatable bonds is 6. The van der Waals surface area contributed by atoms with E-state index in [9.17, 15) is 18.0 Å². The van der Waals surface area contributed by atoms with Gasteiger partial charge in [-0.1, -0.05) is 37.1 Å². The third-order valence-corrected chi connectivity index (χ3v) is 8.15. The van der Waals surface area contributed by atoms with Crippen molar-refractivity contribution in [2.75, 3.05) is 0 Å². The summed E-state index contributed by atoms with van der Waals surface area (Å²) in [6.07, 6.45) is 6.51. The summed E-state index contributed by atoms with van der Waals surface area (Å²) in [6.45, 7) is -0.197. The average molecular weight is 470 g/mol. The molecule has 1 amide bonds. The molecule has 9 heteroatoms. The summed E-state index contributed by atoms with van der Waals surface area (Å²) in [5, 5.41) is 3.04. The molecule has 1 saturated carbocycles. The molecule has 5 rings (SSSR count). The maximum Gasteiger partial charge on any atom is 0.420 e. The third-order valence-electron chi connectivity index (χ3n) is 6.63. The van der Waals surface area contributed by atoms with E-state index in [1.54, 1.807) is 0 Å². The van der Waals surface area contributed by atoms with Gasteiger partial charge in [0.05, 0.1) is 16.5 Å². The van der Waals surface area contributed by atoms with Crippen molar-refractivity contribution >= 4 is 27.0 Å². The predicted molar refractivity (Wildman–Crippen MR) is 123 cm³/mol. The van der Waals surface area contributed by atoms with Gasteiger partial charge in [-0.05, 0) is 55.4 Å². The quantitative estimate of drug-likeness (QED) is 0.577. The SMILES string of the molecule is O=C(Cn1c(=O)oc2cc(S(=O)(=O)NC3CCCC3)ccc21)NC1CCCc2ccccc21. The van der Waals surface area contributed by atoms with Crippen LogP contribution in [0.4, 0.5) is 0 Å². The van der Waals surface area contributed by atoms with Crippen molar-refractivity contribution < 1.29 is 17.6 Å². The van der Waals surface area contributed by atoms with E-state index in [4.69, 9.17) is 4.42 Å². The Morgan fingerprint density at radius 3 is 2.67 bits per heavy atom. The fourth-order valence-electron chi connectivity index (χ4n) is 4.98. The standard InChI is InChI=1S/C24H27N3O5S/c28-23(25-20-11-5-7-16-6-1-4-10-19(16)20)15-27-21-13-12-18(14-22(21)32-24(27)29)33(30,31)26-17-8-2-3-9-17/h1,4,6,10,12-14,17,20,26H,2-3,5,7-9,11,15H2,(H,25,28). The first-order valence-corrected chi connectivity index (χ1v) is 12.9. The lowest BCUT2D eigenvalue weighted by atomic mass is 9.88. The van der Waals surface area contributed by atoms with E-state index in [1.807, 2.05) is 18.2 Å². The Morgan fingerprint density at radius 1 is 1.06 bits per heavy atom. The number of oxazole rings is 1.